The minimum Gasteiger partial charge on any atom is -0.444 e. The Hall–Kier alpha value is -3.40. The van der Waals surface area contributed by atoms with Crippen LogP contribution >= 0.6 is 11.6 Å². The number of amides is 1. The SMILES string of the molecule is CC(C)(C)OC(=O)N1Cc2ccc(C#Cc3cc(-c4nn(CCCN5CCOCC5)c5c4CN(S(C)(=O)=O)CC5)ccc3Cl)cc2C1. The third-order valence-corrected chi connectivity index (χ3v) is 10.3. The van der Waals surface area contributed by atoms with Gasteiger partial charge < -0.3 is 9.47 Å². The number of nitrogens with zero attached hydrogens (tertiary/aromatic N) is 5. The summed E-state index contributed by atoms with van der Waals surface area (Å²) in [4.78, 5) is 16.7. The Labute approximate surface area is 282 Å². The number of fused-ring (bicyclic) bond motifs is 2. The van der Waals surface area contributed by atoms with Gasteiger partial charge in [0.1, 0.15) is 5.60 Å². The van der Waals surface area contributed by atoms with Crippen molar-refractivity contribution < 1.29 is 22.7 Å². The van der Waals surface area contributed by atoms with Crippen LogP contribution in [0.5, 0.6) is 0 Å². The zero-order valence-corrected chi connectivity index (χ0v) is 29.1. The van der Waals surface area contributed by atoms with Gasteiger partial charge in [0, 0.05) is 86.7 Å². The maximum Gasteiger partial charge on any atom is 0.410 e. The molecule has 0 radical (unpaired) electrons. The molecule has 12 heteroatoms. The fraction of sp³-hybridized carbons (Fsp3) is 0.486. The zero-order valence-electron chi connectivity index (χ0n) is 27.5. The molecule has 1 saturated heterocycles. The molecule has 3 aliphatic heterocycles. The molecule has 6 rings (SSSR count). The second kappa shape index (κ2) is 13.6. The van der Waals surface area contributed by atoms with Crippen LogP contribution in [-0.4, -0.2) is 89.6 Å². The average Bonchev–Trinajstić information content (AvgIpc) is 3.61. The molecule has 0 spiro atoms. The summed E-state index contributed by atoms with van der Waals surface area (Å²) in [6, 6.07) is 11.7. The first-order chi connectivity index (χ1) is 22.3. The molecule has 2 aromatic carbocycles. The molecule has 47 heavy (non-hydrogen) atoms. The predicted octanol–water partition coefficient (Wildman–Crippen LogP) is 4.89. The summed E-state index contributed by atoms with van der Waals surface area (Å²) in [5.41, 5.74) is 6.68. The van der Waals surface area contributed by atoms with E-state index in [0.717, 1.165) is 85.0 Å². The Kier molecular flexibility index (Phi) is 9.70. The minimum atomic E-state index is -3.36. The number of aryl methyl sites for hydroxylation is 1. The third-order valence-electron chi connectivity index (χ3n) is 8.68. The van der Waals surface area contributed by atoms with E-state index in [2.05, 4.69) is 21.4 Å². The molecule has 0 unspecified atom stereocenters. The average molecular weight is 680 g/mol. The highest BCUT2D eigenvalue weighted by atomic mass is 35.5. The summed E-state index contributed by atoms with van der Waals surface area (Å²) in [5.74, 6) is 6.49. The van der Waals surface area contributed by atoms with Gasteiger partial charge in [-0.15, -0.1) is 0 Å². The molecule has 0 bridgehead atoms. The Morgan fingerprint density at radius 1 is 1.00 bits per heavy atom. The van der Waals surface area contributed by atoms with Gasteiger partial charge in [-0.3, -0.25) is 14.5 Å². The lowest BCUT2D eigenvalue weighted by Crippen LogP contribution is -2.37. The lowest BCUT2D eigenvalue weighted by atomic mass is 10.0. The monoisotopic (exact) mass is 679 g/mol. The molecule has 1 amide bonds. The lowest BCUT2D eigenvalue weighted by molar-refractivity contribution is 0.0241. The van der Waals surface area contributed by atoms with Crippen LogP contribution in [0.15, 0.2) is 36.4 Å². The number of benzene rings is 2. The van der Waals surface area contributed by atoms with Gasteiger partial charge in [0.2, 0.25) is 10.0 Å². The van der Waals surface area contributed by atoms with Crippen molar-refractivity contribution in [2.24, 2.45) is 0 Å². The maximum atomic E-state index is 12.6. The molecule has 3 aliphatic rings. The molecule has 0 N–H and O–H groups in total. The summed E-state index contributed by atoms with van der Waals surface area (Å²) in [7, 11) is -3.36. The molecule has 1 aromatic heterocycles. The summed E-state index contributed by atoms with van der Waals surface area (Å²) in [6.07, 6.45) is 2.48. The third kappa shape index (κ3) is 8.02. The van der Waals surface area contributed by atoms with Crippen LogP contribution in [-0.2, 0) is 52.1 Å². The molecule has 0 aliphatic carbocycles. The fourth-order valence-corrected chi connectivity index (χ4v) is 7.22. The van der Waals surface area contributed by atoms with E-state index in [9.17, 15) is 13.2 Å². The number of carbonyl (C=O) groups is 1. The Bertz CT molecular complexity index is 1830. The number of morpholine rings is 1. The summed E-state index contributed by atoms with van der Waals surface area (Å²) in [6.45, 7) is 12.4. The van der Waals surface area contributed by atoms with E-state index in [4.69, 9.17) is 26.2 Å². The fourth-order valence-electron chi connectivity index (χ4n) is 6.27. The van der Waals surface area contributed by atoms with Crippen molar-refractivity contribution in [2.45, 2.75) is 65.4 Å². The highest BCUT2D eigenvalue weighted by molar-refractivity contribution is 7.88. The summed E-state index contributed by atoms with van der Waals surface area (Å²) < 4.78 is 39.6. The number of halogens is 1. The van der Waals surface area contributed by atoms with Gasteiger partial charge in [-0.1, -0.05) is 35.6 Å². The van der Waals surface area contributed by atoms with Crippen molar-refractivity contribution in [3.8, 4) is 23.1 Å². The molecular weight excluding hydrogens is 638 g/mol. The molecule has 1 fully saturated rings. The first-order valence-electron chi connectivity index (χ1n) is 16.1. The van der Waals surface area contributed by atoms with Gasteiger partial charge in [0.15, 0.2) is 0 Å². The number of hydrogen-bond acceptors (Lipinski definition) is 7. The van der Waals surface area contributed by atoms with Crippen LogP contribution < -0.4 is 0 Å². The molecule has 10 nitrogen and oxygen atoms in total. The molecule has 0 saturated carbocycles. The van der Waals surface area contributed by atoms with Crippen LogP contribution in [0, 0.1) is 11.8 Å². The van der Waals surface area contributed by atoms with E-state index in [-0.39, 0.29) is 12.6 Å². The smallest absolute Gasteiger partial charge is 0.410 e. The Balaban J connectivity index is 1.24. The van der Waals surface area contributed by atoms with Crippen molar-refractivity contribution in [1.82, 2.24) is 23.9 Å². The van der Waals surface area contributed by atoms with E-state index < -0.39 is 15.6 Å². The summed E-state index contributed by atoms with van der Waals surface area (Å²) >= 11 is 6.64. The quantitative estimate of drug-likeness (QED) is 0.342. The van der Waals surface area contributed by atoms with E-state index in [0.29, 0.717) is 36.6 Å². The number of carbonyl (C=O) groups excluding carboxylic acids is 1. The van der Waals surface area contributed by atoms with Crippen molar-refractivity contribution in [1.29, 1.82) is 0 Å². The number of hydrogen-bond donors (Lipinski definition) is 0. The second-order valence-corrected chi connectivity index (χ2v) is 15.8. The largest absolute Gasteiger partial charge is 0.444 e. The lowest BCUT2D eigenvalue weighted by Gasteiger charge is -2.27. The van der Waals surface area contributed by atoms with Crippen molar-refractivity contribution in [2.75, 3.05) is 45.6 Å². The minimum absolute atomic E-state index is 0.284. The van der Waals surface area contributed by atoms with Crippen molar-refractivity contribution in [3.05, 3.63) is 74.9 Å². The second-order valence-electron chi connectivity index (χ2n) is 13.4. The van der Waals surface area contributed by atoms with Gasteiger partial charge in [0.05, 0.1) is 30.2 Å². The van der Waals surface area contributed by atoms with Crippen molar-refractivity contribution >= 4 is 27.7 Å². The van der Waals surface area contributed by atoms with E-state index in [1.54, 1.807) is 4.90 Å². The normalized spacial score (nSPS) is 17.2. The molecule has 4 heterocycles. The van der Waals surface area contributed by atoms with Gasteiger partial charge in [0.25, 0.3) is 0 Å². The van der Waals surface area contributed by atoms with Crippen LogP contribution in [0.25, 0.3) is 11.3 Å². The molecule has 0 atom stereocenters. The highest BCUT2D eigenvalue weighted by Gasteiger charge is 2.30. The first-order valence-corrected chi connectivity index (χ1v) is 18.3. The number of sulfonamides is 1. The van der Waals surface area contributed by atoms with E-state index in [1.807, 2.05) is 57.2 Å². The predicted molar refractivity (Wildman–Crippen MR) is 181 cm³/mol. The molecule has 3 aromatic rings. The molecular formula is C35H42ClN5O5S. The van der Waals surface area contributed by atoms with Gasteiger partial charge in [-0.2, -0.15) is 9.40 Å². The van der Waals surface area contributed by atoms with E-state index >= 15 is 0 Å². The number of rotatable bonds is 6. The van der Waals surface area contributed by atoms with Crippen LogP contribution in [0.3, 0.4) is 0 Å². The van der Waals surface area contributed by atoms with Gasteiger partial charge >= 0.3 is 6.09 Å². The standard InChI is InChI=1S/C35H42ClN5O5S/c1-35(2,3)46-34(42)39-22-28-9-7-25(20-29(28)23-39)6-8-26-21-27(10-11-31(26)36)33-30-24-40(47(4,43)44)15-12-32(30)41(37-33)14-5-13-38-16-18-45-19-17-38/h7,9-11,20-21H,5,12-19,22-24H2,1-4H3. The van der Waals surface area contributed by atoms with Gasteiger partial charge in [-0.05, 0) is 62.6 Å². The Morgan fingerprint density at radius 2 is 1.77 bits per heavy atom. The number of ether oxygens (including phenoxy) is 2. The molecule has 250 valence electrons. The van der Waals surface area contributed by atoms with Gasteiger partial charge in [-0.25, -0.2) is 13.2 Å². The maximum absolute atomic E-state index is 12.6. The highest BCUT2D eigenvalue weighted by Crippen LogP contribution is 2.33. The zero-order chi connectivity index (χ0) is 33.3. The first kappa shape index (κ1) is 33.5. The number of aromatic nitrogens is 2. The van der Waals surface area contributed by atoms with E-state index in [1.165, 1.54) is 10.6 Å². The Morgan fingerprint density at radius 3 is 2.51 bits per heavy atom. The topological polar surface area (TPSA) is 97.2 Å². The van der Waals surface area contributed by atoms with Crippen LogP contribution in [0.4, 0.5) is 4.79 Å². The van der Waals surface area contributed by atoms with Crippen LogP contribution in [0.1, 0.15) is 60.7 Å². The summed E-state index contributed by atoms with van der Waals surface area (Å²) in [5, 5.41) is 5.57. The van der Waals surface area contributed by atoms with Crippen LogP contribution in [0.2, 0.25) is 5.02 Å². The van der Waals surface area contributed by atoms with Crippen molar-refractivity contribution in [3.63, 3.8) is 0 Å².